The molecule has 0 saturated carbocycles. The molecule has 1 aromatic carbocycles. The molecule has 0 aliphatic heterocycles. The van der Waals surface area contributed by atoms with E-state index < -0.39 is 0 Å². The predicted molar refractivity (Wildman–Crippen MR) is 59.3 cm³/mol. The van der Waals surface area contributed by atoms with Crippen molar-refractivity contribution in [1.82, 2.24) is 0 Å². The summed E-state index contributed by atoms with van der Waals surface area (Å²) in [5, 5.41) is 9.70. The first kappa shape index (κ1) is 11.9. The number of phenols is 1. The van der Waals surface area contributed by atoms with Gasteiger partial charge in [-0.2, -0.15) is 0 Å². The molecule has 0 spiro atoms. The summed E-state index contributed by atoms with van der Waals surface area (Å²) in [7, 11) is 1.55. The molecule has 1 N–H and O–H groups in total. The molecule has 3 nitrogen and oxygen atoms in total. The largest absolute Gasteiger partial charge is 0.504 e. The Morgan fingerprint density at radius 3 is 2.47 bits per heavy atom. The normalized spacial score (nSPS) is 11.5. The number of benzene rings is 1. The van der Waals surface area contributed by atoms with E-state index in [0.717, 1.165) is 5.56 Å². The van der Waals surface area contributed by atoms with Crippen molar-refractivity contribution in [3.8, 4) is 11.5 Å². The minimum atomic E-state index is -0.0676. The summed E-state index contributed by atoms with van der Waals surface area (Å²) < 4.78 is 10.2. The fourth-order valence-electron chi connectivity index (χ4n) is 1.38. The van der Waals surface area contributed by atoms with Crippen LogP contribution in [0, 0.1) is 0 Å². The van der Waals surface area contributed by atoms with Crippen molar-refractivity contribution in [2.45, 2.75) is 26.2 Å². The van der Waals surface area contributed by atoms with E-state index in [0.29, 0.717) is 5.75 Å². The van der Waals surface area contributed by atoms with Gasteiger partial charge in [-0.25, -0.2) is 0 Å². The maximum atomic E-state index is 9.70. The molecule has 0 amide bonds. The fraction of sp³-hybridized carbons (Fsp3) is 0.500. The van der Waals surface area contributed by atoms with Crippen LogP contribution in [0.25, 0.3) is 0 Å². The van der Waals surface area contributed by atoms with E-state index in [1.54, 1.807) is 13.2 Å². The maximum absolute atomic E-state index is 9.70. The average Bonchev–Trinajstić information content (AvgIpc) is 2.14. The lowest BCUT2D eigenvalue weighted by Gasteiger charge is -2.23. The molecule has 0 fully saturated rings. The Morgan fingerprint density at radius 2 is 1.93 bits per heavy atom. The second-order valence-corrected chi connectivity index (χ2v) is 4.45. The lowest BCUT2D eigenvalue weighted by atomic mass is 9.86. The number of para-hydroxylation sites is 1. The van der Waals surface area contributed by atoms with Gasteiger partial charge in [0.1, 0.15) is 0 Å². The van der Waals surface area contributed by atoms with E-state index in [1.807, 2.05) is 12.1 Å². The molecule has 0 aliphatic rings. The highest BCUT2D eigenvalue weighted by Gasteiger charge is 2.21. The van der Waals surface area contributed by atoms with Gasteiger partial charge in [-0.05, 0) is 11.5 Å². The summed E-state index contributed by atoms with van der Waals surface area (Å²) in [6.45, 7) is 6.35. The zero-order valence-corrected chi connectivity index (χ0v) is 9.70. The summed E-state index contributed by atoms with van der Waals surface area (Å²) >= 11 is 0. The Kier molecular flexibility index (Phi) is 3.58. The van der Waals surface area contributed by atoms with E-state index in [-0.39, 0.29) is 18.0 Å². The average molecular weight is 210 g/mol. The van der Waals surface area contributed by atoms with Crippen molar-refractivity contribution >= 4 is 0 Å². The molecule has 3 heteroatoms. The molecular formula is C12H18O3. The molecule has 15 heavy (non-hydrogen) atoms. The van der Waals surface area contributed by atoms with E-state index in [9.17, 15) is 5.11 Å². The van der Waals surface area contributed by atoms with Crippen LogP contribution in [0.5, 0.6) is 11.5 Å². The highest BCUT2D eigenvalue weighted by molar-refractivity contribution is 5.48. The van der Waals surface area contributed by atoms with Crippen molar-refractivity contribution in [2.75, 3.05) is 13.9 Å². The standard InChI is InChI=1S/C12H18O3/c1-12(2,3)9-6-5-7-10(13)11(9)15-8-14-4/h5-7,13H,8H2,1-4H3. The predicted octanol–water partition coefficient (Wildman–Crippen LogP) is 2.67. The van der Waals surface area contributed by atoms with Gasteiger partial charge in [-0.15, -0.1) is 0 Å². The van der Waals surface area contributed by atoms with Crippen LogP contribution in [0.2, 0.25) is 0 Å². The number of ether oxygens (including phenoxy) is 2. The van der Waals surface area contributed by atoms with Crippen LogP contribution in [-0.2, 0) is 10.2 Å². The second-order valence-electron chi connectivity index (χ2n) is 4.45. The first-order valence-corrected chi connectivity index (χ1v) is 4.91. The van der Waals surface area contributed by atoms with Gasteiger partial charge in [0.15, 0.2) is 18.3 Å². The molecule has 84 valence electrons. The lowest BCUT2D eigenvalue weighted by molar-refractivity contribution is 0.0478. The van der Waals surface area contributed by atoms with Crippen molar-refractivity contribution in [3.05, 3.63) is 23.8 Å². The Bertz CT molecular complexity index is 326. The molecule has 0 atom stereocenters. The highest BCUT2D eigenvalue weighted by Crippen LogP contribution is 2.37. The van der Waals surface area contributed by atoms with Gasteiger partial charge in [0.25, 0.3) is 0 Å². The van der Waals surface area contributed by atoms with Crippen molar-refractivity contribution in [1.29, 1.82) is 0 Å². The quantitative estimate of drug-likeness (QED) is 0.779. The van der Waals surface area contributed by atoms with E-state index in [1.165, 1.54) is 0 Å². The Labute approximate surface area is 90.6 Å². The number of hydrogen-bond acceptors (Lipinski definition) is 3. The maximum Gasteiger partial charge on any atom is 0.188 e. The van der Waals surface area contributed by atoms with Crippen LogP contribution in [0.4, 0.5) is 0 Å². The van der Waals surface area contributed by atoms with Gasteiger partial charge in [0.05, 0.1) is 0 Å². The highest BCUT2D eigenvalue weighted by atomic mass is 16.7. The van der Waals surface area contributed by atoms with E-state index >= 15 is 0 Å². The van der Waals surface area contributed by atoms with Crippen LogP contribution >= 0.6 is 0 Å². The van der Waals surface area contributed by atoms with Crippen LogP contribution < -0.4 is 4.74 Å². The van der Waals surface area contributed by atoms with Crippen molar-refractivity contribution in [3.63, 3.8) is 0 Å². The number of aromatic hydroxyl groups is 1. The number of methoxy groups -OCH3 is 1. The zero-order valence-electron chi connectivity index (χ0n) is 9.70. The molecule has 0 bridgehead atoms. The van der Waals surface area contributed by atoms with Gasteiger partial charge >= 0.3 is 0 Å². The molecular weight excluding hydrogens is 192 g/mol. The molecule has 0 saturated heterocycles. The zero-order chi connectivity index (χ0) is 11.5. The lowest BCUT2D eigenvalue weighted by Crippen LogP contribution is -2.14. The molecule has 0 radical (unpaired) electrons. The minimum Gasteiger partial charge on any atom is -0.504 e. The summed E-state index contributed by atoms with van der Waals surface area (Å²) in [4.78, 5) is 0. The van der Waals surface area contributed by atoms with Crippen LogP contribution in [0.3, 0.4) is 0 Å². The second kappa shape index (κ2) is 4.53. The molecule has 0 aliphatic carbocycles. The van der Waals surface area contributed by atoms with E-state index in [4.69, 9.17) is 9.47 Å². The Balaban J connectivity index is 3.09. The summed E-state index contributed by atoms with van der Waals surface area (Å²) in [5.74, 6) is 0.659. The third-order valence-electron chi connectivity index (χ3n) is 2.12. The van der Waals surface area contributed by atoms with Gasteiger partial charge in [-0.1, -0.05) is 32.9 Å². The third kappa shape index (κ3) is 2.86. The summed E-state index contributed by atoms with van der Waals surface area (Å²) in [6.07, 6.45) is 0. The Morgan fingerprint density at radius 1 is 1.27 bits per heavy atom. The van der Waals surface area contributed by atoms with Crippen molar-refractivity contribution < 1.29 is 14.6 Å². The van der Waals surface area contributed by atoms with Crippen LogP contribution in [0.15, 0.2) is 18.2 Å². The van der Waals surface area contributed by atoms with Gasteiger partial charge < -0.3 is 14.6 Å². The first-order valence-electron chi connectivity index (χ1n) is 4.91. The Hall–Kier alpha value is -1.22. The van der Waals surface area contributed by atoms with Crippen LogP contribution in [-0.4, -0.2) is 19.0 Å². The molecule has 1 aromatic rings. The molecule has 0 unspecified atom stereocenters. The number of hydrogen-bond donors (Lipinski definition) is 1. The monoisotopic (exact) mass is 210 g/mol. The van der Waals surface area contributed by atoms with E-state index in [2.05, 4.69) is 20.8 Å². The topological polar surface area (TPSA) is 38.7 Å². The molecule has 0 aromatic heterocycles. The van der Waals surface area contributed by atoms with Gasteiger partial charge in [-0.3, -0.25) is 0 Å². The molecule has 0 heterocycles. The minimum absolute atomic E-state index is 0.0676. The SMILES string of the molecule is COCOc1c(O)cccc1C(C)(C)C. The van der Waals surface area contributed by atoms with Gasteiger partial charge in [0, 0.05) is 12.7 Å². The van der Waals surface area contributed by atoms with Gasteiger partial charge in [0.2, 0.25) is 0 Å². The third-order valence-corrected chi connectivity index (χ3v) is 2.12. The number of phenolic OH excluding ortho intramolecular Hbond substituents is 1. The first-order chi connectivity index (χ1) is 6.96. The number of rotatable bonds is 3. The molecule has 1 rings (SSSR count). The smallest absolute Gasteiger partial charge is 0.188 e. The summed E-state index contributed by atoms with van der Waals surface area (Å²) in [6, 6.07) is 5.38. The van der Waals surface area contributed by atoms with Crippen molar-refractivity contribution in [2.24, 2.45) is 0 Å². The summed E-state index contributed by atoms with van der Waals surface area (Å²) in [5.41, 5.74) is 0.904. The van der Waals surface area contributed by atoms with Crippen LogP contribution in [0.1, 0.15) is 26.3 Å². The fourth-order valence-corrected chi connectivity index (χ4v) is 1.38.